The van der Waals surface area contributed by atoms with Crippen molar-refractivity contribution in [2.45, 2.75) is 39.2 Å². The largest absolute Gasteiger partial charge is 0.475 e. The SMILES string of the molecule is Cc1ccc(CC(NC(=O)[C@H](C)N(C)c2ccccc2)B(O)O)c(C)c1. The Bertz CT molecular complexity index is 737. The van der Waals surface area contributed by atoms with Crippen molar-refractivity contribution < 1.29 is 14.8 Å². The molecule has 2 aromatic carbocycles. The van der Waals surface area contributed by atoms with Gasteiger partial charge in [0.25, 0.3) is 0 Å². The van der Waals surface area contributed by atoms with Crippen molar-refractivity contribution >= 4 is 18.7 Å². The molecule has 0 bridgehead atoms. The second kappa shape index (κ2) is 8.87. The number of aryl methyl sites for hydroxylation is 2. The van der Waals surface area contributed by atoms with Crippen LogP contribution in [0.3, 0.4) is 0 Å². The van der Waals surface area contributed by atoms with Gasteiger partial charge in [-0.05, 0) is 50.5 Å². The van der Waals surface area contributed by atoms with E-state index >= 15 is 0 Å². The first kappa shape index (κ1) is 20.0. The third-order valence-corrected chi connectivity index (χ3v) is 4.75. The molecule has 0 aliphatic heterocycles. The number of para-hydroxylation sites is 1. The highest BCUT2D eigenvalue weighted by atomic mass is 16.4. The molecule has 0 fully saturated rings. The lowest BCUT2D eigenvalue weighted by Gasteiger charge is -2.28. The average molecular weight is 354 g/mol. The Morgan fingerprint density at radius 2 is 1.81 bits per heavy atom. The van der Waals surface area contributed by atoms with Crippen molar-refractivity contribution in [1.82, 2.24) is 5.32 Å². The van der Waals surface area contributed by atoms with Crippen LogP contribution < -0.4 is 10.2 Å². The van der Waals surface area contributed by atoms with E-state index in [0.29, 0.717) is 6.42 Å². The first-order chi connectivity index (χ1) is 12.3. The minimum absolute atomic E-state index is 0.251. The summed E-state index contributed by atoms with van der Waals surface area (Å²) in [6.07, 6.45) is 0.358. The van der Waals surface area contributed by atoms with E-state index in [2.05, 4.69) is 5.32 Å². The van der Waals surface area contributed by atoms with E-state index in [9.17, 15) is 14.8 Å². The number of carbonyl (C=O) groups excluding carboxylic acids is 1. The monoisotopic (exact) mass is 354 g/mol. The van der Waals surface area contributed by atoms with Crippen LogP contribution in [-0.2, 0) is 11.2 Å². The van der Waals surface area contributed by atoms with Crippen molar-refractivity contribution in [3.05, 3.63) is 65.2 Å². The molecule has 1 amide bonds. The Labute approximate surface area is 155 Å². The molecule has 0 radical (unpaired) electrons. The van der Waals surface area contributed by atoms with Crippen LogP contribution >= 0.6 is 0 Å². The molecule has 0 aliphatic rings. The minimum atomic E-state index is -1.63. The van der Waals surface area contributed by atoms with Gasteiger partial charge in [-0.3, -0.25) is 4.79 Å². The van der Waals surface area contributed by atoms with Gasteiger partial charge in [-0.15, -0.1) is 0 Å². The van der Waals surface area contributed by atoms with E-state index in [1.54, 1.807) is 6.92 Å². The van der Waals surface area contributed by atoms with E-state index in [-0.39, 0.29) is 5.91 Å². The topological polar surface area (TPSA) is 72.8 Å². The van der Waals surface area contributed by atoms with Gasteiger partial charge in [0.2, 0.25) is 5.91 Å². The predicted molar refractivity (Wildman–Crippen MR) is 106 cm³/mol. The fraction of sp³-hybridized carbons (Fsp3) is 0.350. The Kier molecular flexibility index (Phi) is 6.83. The molecule has 1 unspecified atom stereocenters. The van der Waals surface area contributed by atoms with Gasteiger partial charge in [-0.1, -0.05) is 42.0 Å². The number of nitrogens with zero attached hydrogens (tertiary/aromatic N) is 1. The summed E-state index contributed by atoms with van der Waals surface area (Å²) in [6, 6.07) is 15.2. The highest BCUT2D eigenvalue weighted by molar-refractivity contribution is 6.43. The number of anilines is 1. The summed E-state index contributed by atoms with van der Waals surface area (Å²) in [5.74, 6) is -1.02. The summed E-state index contributed by atoms with van der Waals surface area (Å²) in [5.41, 5.74) is 4.12. The summed E-state index contributed by atoms with van der Waals surface area (Å²) < 4.78 is 0. The summed E-state index contributed by atoms with van der Waals surface area (Å²) >= 11 is 0. The van der Waals surface area contributed by atoms with Crippen molar-refractivity contribution in [3.63, 3.8) is 0 Å². The molecule has 2 aromatic rings. The summed E-state index contributed by atoms with van der Waals surface area (Å²) in [6.45, 7) is 5.79. The van der Waals surface area contributed by atoms with Gasteiger partial charge in [0.15, 0.2) is 0 Å². The van der Waals surface area contributed by atoms with Gasteiger partial charge >= 0.3 is 7.12 Å². The molecule has 26 heavy (non-hydrogen) atoms. The smallest absolute Gasteiger partial charge is 0.426 e. The molecule has 3 N–H and O–H groups in total. The quantitative estimate of drug-likeness (QED) is 0.664. The molecule has 0 saturated carbocycles. The molecule has 2 rings (SSSR count). The number of likely N-dealkylation sites (N-methyl/N-ethyl adjacent to an activating group) is 1. The van der Waals surface area contributed by atoms with Crippen LogP contribution in [-0.4, -0.2) is 42.1 Å². The summed E-state index contributed by atoms with van der Waals surface area (Å²) in [4.78, 5) is 14.5. The molecule has 0 saturated heterocycles. The normalized spacial score (nSPS) is 13.0. The molecular weight excluding hydrogens is 327 g/mol. The summed E-state index contributed by atoms with van der Waals surface area (Å²) in [7, 11) is 0.211. The fourth-order valence-corrected chi connectivity index (χ4v) is 2.91. The Balaban J connectivity index is 2.07. The maximum absolute atomic E-state index is 12.6. The standard InChI is InChI=1S/C20H27BN2O3/c1-14-10-11-17(15(2)12-14)13-19(21(25)26)22-20(24)16(3)23(4)18-8-6-5-7-9-18/h5-12,16,19,25-26H,13H2,1-4H3,(H,22,24)/t16-,19?/m0/s1. The zero-order valence-corrected chi connectivity index (χ0v) is 15.8. The van der Waals surface area contributed by atoms with E-state index in [1.165, 1.54) is 0 Å². The van der Waals surface area contributed by atoms with Crippen LogP contribution in [0.4, 0.5) is 5.69 Å². The van der Waals surface area contributed by atoms with Crippen LogP contribution in [0.2, 0.25) is 0 Å². The number of rotatable bonds is 7. The predicted octanol–water partition coefficient (Wildman–Crippen LogP) is 1.87. The molecule has 0 aromatic heterocycles. The Morgan fingerprint density at radius 3 is 2.38 bits per heavy atom. The third-order valence-electron chi connectivity index (χ3n) is 4.75. The number of benzene rings is 2. The first-order valence-corrected chi connectivity index (χ1v) is 8.80. The van der Waals surface area contributed by atoms with Gasteiger partial charge in [0, 0.05) is 12.7 Å². The number of amides is 1. The number of nitrogens with one attached hydrogen (secondary N) is 1. The molecule has 0 aliphatic carbocycles. The van der Waals surface area contributed by atoms with Crippen LogP contribution in [0.5, 0.6) is 0 Å². The number of carbonyl (C=O) groups is 1. The maximum atomic E-state index is 12.6. The molecule has 0 heterocycles. The van der Waals surface area contributed by atoms with Crippen molar-refractivity contribution in [2.24, 2.45) is 0 Å². The Hall–Kier alpha value is -2.31. The van der Waals surface area contributed by atoms with Crippen LogP contribution in [0, 0.1) is 13.8 Å². The molecular formula is C20H27BN2O3. The fourth-order valence-electron chi connectivity index (χ4n) is 2.91. The molecule has 2 atom stereocenters. The lowest BCUT2D eigenvalue weighted by atomic mass is 9.75. The zero-order valence-electron chi connectivity index (χ0n) is 15.8. The second-order valence-corrected chi connectivity index (χ2v) is 6.79. The summed E-state index contributed by atoms with van der Waals surface area (Å²) in [5, 5.41) is 22.2. The van der Waals surface area contributed by atoms with Gasteiger partial charge in [0.05, 0.1) is 5.94 Å². The highest BCUT2D eigenvalue weighted by Crippen LogP contribution is 2.16. The lowest BCUT2D eigenvalue weighted by Crippen LogP contribution is -2.53. The van der Waals surface area contributed by atoms with Crippen molar-refractivity contribution in [1.29, 1.82) is 0 Å². The van der Waals surface area contributed by atoms with Gasteiger partial charge in [-0.25, -0.2) is 0 Å². The van der Waals surface area contributed by atoms with E-state index in [0.717, 1.165) is 22.4 Å². The zero-order chi connectivity index (χ0) is 19.3. The van der Waals surface area contributed by atoms with E-state index < -0.39 is 19.1 Å². The highest BCUT2D eigenvalue weighted by Gasteiger charge is 2.29. The minimum Gasteiger partial charge on any atom is -0.426 e. The first-order valence-electron chi connectivity index (χ1n) is 8.80. The van der Waals surface area contributed by atoms with Gasteiger partial charge in [0.1, 0.15) is 6.04 Å². The van der Waals surface area contributed by atoms with Crippen molar-refractivity contribution in [3.8, 4) is 0 Å². The second-order valence-electron chi connectivity index (χ2n) is 6.79. The molecule has 5 nitrogen and oxygen atoms in total. The van der Waals surface area contributed by atoms with Crippen LogP contribution in [0.25, 0.3) is 0 Å². The van der Waals surface area contributed by atoms with Gasteiger partial charge in [-0.2, -0.15) is 0 Å². The number of hydrogen-bond donors (Lipinski definition) is 3. The molecule has 6 heteroatoms. The van der Waals surface area contributed by atoms with Crippen molar-refractivity contribution in [2.75, 3.05) is 11.9 Å². The van der Waals surface area contributed by atoms with E-state index in [1.807, 2.05) is 74.3 Å². The van der Waals surface area contributed by atoms with Crippen LogP contribution in [0.1, 0.15) is 23.6 Å². The average Bonchev–Trinajstić information content (AvgIpc) is 2.62. The molecule has 138 valence electrons. The Morgan fingerprint density at radius 1 is 1.15 bits per heavy atom. The maximum Gasteiger partial charge on any atom is 0.475 e. The van der Waals surface area contributed by atoms with Crippen LogP contribution in [0.15, 0.2) is 48.5 Å². The number of hydrogen-bond acceptors (Lipinski definition) is 4. The third kappa shape index (κ3) is 5.10. The lowest BCUT2D eigenvalue weighted by molar-refractivity contribution is -0.122. The van der Waals surface area contributed by atoms with Gasteiger partial charge < -0.3 is 20.3 Å². The molecule has 0 spiro atoms. The van der Waals surface area contributed by atoms with E-state index in [4.69, 9.17) is 0 Å².